The third-order valence-electron chi connectivity index (χ3n) is 6.12. The first-order valence-corrected chi connectivity index (χ1v) is 13.1. The van der Waals surface area contributed by atoms with E-state index in [0.29, 0.717) is 18.1 Å². The van der Waals surface area contributed by atoms with Crippen molar-refractivity contribution in [3.05, 3.63) is 54.1 Å². The molecule has 0 spiro atoms. The highest BCUT2D eigenvalue weighted by atomic mass is 32.2. The lowest BCUT2D eigenvalue weighted by atomic mass is 9.98. The molecule has 9 nitrogen and oxygen atoms in total. The van der Waals surface area contributed by atoms with E-state index in [-0.39, 0.29) is 49.9 Å². The first kappa shape index (κ1) is 26.7. The Balaban J connectivity index is 1.53. The average molecular weight is 505 g/mol. The second-order valence-electron chi connectivity index (χ2n) is 8.80. The van der Waals surface area contributed by atoms with Crippen LogP contribution in [0.2, 0.25) is 0 Å². The number of rotatable bonds is 10. The largest absolute Gasteiger partial charge is 0.494 e. The highest BCUT2D eigenvalue weighted by Crippen LogP contribution is 2.35. The zero-order chi connectivity index (χ0) is 25.5. The van der Waals surface area contributed by atoms with E-state index in [1.54, 1.807) is 0 Å². The van der Waals surface area contributed by atoms with E-state index in [9.17, 15) is 18.0 Å². The van der Waals surface area contributed by atoms with Crippen LogP contribution in [0.3, 0.4) is 0 Å². The van der Waals surface area contributed by atoms with Gasteiger partial charge in [0, 0.05) is 25.3 Å². The van der Waals surface area contributed by atoms with E-state index >= 15 is 0 Å². The number of hydroxylamine groups is 1. The van der Waals surface area contributed by atoms with Crippen molar-refractivity contribution >= 4 is 27.3 Å². The fourth-order valence-corrected chi connectivity index (χ4v) is 5.92. The molecule has 190 valence electrons. The standard InChI is InChI=1S/C25H32N2O7S/c1-18(2)19-5-3-6-20(17-19)26-23(28)7-4-14-34-21-8-10-22(11-9-21)35(31,32)25(24(29)27-30)12-15-33-16-13-25/h3,5-6,8-11,17-18,30H,4,7,12-16H2,1-2H3,(H,26,28)(H,27,29). The minimum absolute atomic E-state index is 0.0432. The van der Waals surface area contributed by atoms with Gasteiger partial charge in [0.2, 0.25) is 5.91 Å². The van der Waals surface area contributed by atoms with Crippen LogP contribution < -0.4 is 15.5 Å². The molecule has 0 aliphatic carbocycles. The van der Waals surface area contributed by atoms with Gasteiger partial charge in [0.25, 0.3) is 5.91 Å². The van der Waals surface area contributed by atoms with Crippen LogP contribution in [-0.4, -0.2) is 50.0 Å². The molecule has 2 aromatic carbocycles. The maximum Gasteiger partial charge on any atom is 0.265 e. The number of benzene rings is 2. The number of nitrogens with one attached hydrogen (secondary N) is 2. The summed E-state index contributed by atoms with van der Waals surface area (Å²) in [5.41, 5.74) is 3.41. The van der Waals surface area contributed by atoms with Crippen LogP contribution >= 0.6 is 0 Å². The number of amides is 2. The van der Waals surface area contributed by atoms with E-state index in [1.807, 2.05) is 24.3 Å². The summed E-state index contributed by atoms with van der Waals surface area (Å²) < 4.78 is 35.6. The Morgan fingerprint density at radius 3 is 2.43 bits per heavy atom. The zero-order valence-corrected chi connectivity index (χ0v) is 20.8. The first-order chi connectivity index (χ1) is 16.7. The number of hydrogen-bond acceptors (Lipinski definition) is 7. The molecule has 0 unspecified atom stereocenters. The molecule has 3 N–H and O–H groups in total. The summed E-state index contributed by atoms with van der Waals surface area (Å²) in [4.78, 5) is 24.5. The maximum absolute atomic E-state index is 13.3. The van der Waals surface area contributed by atoms with Crippen LogP contribution in [0.4, 0.5) is 5.69 Å². The molecule has 0 saturated carbocycles. The van der Waals surface area contributed by atoms with Crippen molar-refractivity contribution in [3.8, 4) is 5.75 Å². The van der Waals surface area contributed by atoms with Gasteiger partial charge in [0.1, 0.15) is 5.75 Å². The zero-order valence-electron chi connectivity index (χ0n) is 20.0. The molecule has 0 radical (unpaired) electrons. The lowest BCUT2D eigenvalue weighted by Crippen LogP contribution is -2.54. The highest BCUT2D eigenvalue weighted by molar-refractivity contribution is 7.93. The Kier molecular flexibility index (Phi) is 8.87. The average Bonchev–Trinajstić information content (AvgIpc) is 2.86. The highest BCUT2D eigenvalue weighted by Gasteiger charge is 2.52. The Labute approximate surface area is 205 Å². The topological polar surface area (TPSA) is 131 Å². The fraction of sp³-hybridized carbons (Fsp3) is 0.440. The van der Waals surface area contributed by atoms with Crippen LogP contribution in [0.25, 0.3) is 0 Å². The Morgan fingerprint density at radius 1 is 1.11 bits per heavy atom. The Hall–Kier alpha value is -2.95. The van der Waals surface area contributed by atoms with E-state index in [2.05, 4.69) is 19.2 Å². The summed E-state index contributed by atoms with van der Waals surface area (Å²) in [7, 11) is -4.09. The summed E-state index contributed by atoms with van der Waals surface area (Å²) in [5, 5.41) is 12.0. The molecule has 1 aliphatic heterocycles. The van der Waals surface area contributed by atoms with Gasteiger partial charge in [-0.25, -0.2) is 13.9 Å². The van der Waals surface area contributed by atoms with Crippen molar-refractivity contribution in [1.29, 1.82) is 0 Å². The summed E-state index contributed by atoms with van der Waals surface area (Å²) in [6.45, 7) is 4.67. The summed E-state index contributed by atoms with van der Waals surface area (Å²) in [5.74, 6) is -0.257. The number of carbonyl (C=O) groups is 2. The first-order valence-electron chi connectivity index (χ1n) is 11.6. The van der Waals surface area contributed by atoms with Gasteiger partial charge in [-0.3, -0.25) is 14.8 Å². The normalized spacial score (nSPS) is 15.4. The van der Waals surface area contributed by atoms with Gasteiger partial charge in [-0.05, 0) is 67.1 Å². The van der Waals surface area contributed by atoms with E-state index in [4.69, 9.17) is 14.7 Å². The van der Waals surface area contributed by atoms with Crippen LogP contribution in [-0.2, 0) is 24.2 Å². The molecule has 0 bridgehead atoms. The van der Waals surface area contributed by atoms with Crippen molar-refractivity contribution < 1.29 is 32.7 Å². The van der Waals surface area contributed by atoms with Gasteiger partial charge in [0.05, 0.1) is 11.5 Å². The summed E-state index contributed by atoms with van der Waals surface area (Å²) >= 11 is 0. The van der Waals surface area contributed by atoms with Crippen molar-refractivity contribution in [2.24, 2.45) is 0 Å². The van der Waals surface area contributed by atoms with Gasteiger partial charge in [0.15, 0.2) is 14.6 Å². The SMILES string of the molecule is CC(C)c1cccc(NC(=O)CCCOc2ccc(S(=O)(=O)C3(C(=O)NO)CCOCC3)cc2)c1. The quantitative estimate of drug-likeness (QED) is 0.257. The molecule has 0 aromatic heterocycles. The van der Waals surface area contributed by atoms with Crippen molar-refractivity contribution in [1.82, 2.24) is 5.48 Å². The van der Waals surface area contributed by atoms with Gasteiger partial charge in [-0.15, -0.1) is 0 Å². The molecule has 0 atom stereocenters. The molecule has 1 aliphatic rings. The lowest BCUT2D eigenvalue weighted by Gasteiger charge is -2.34. The second kappa shape index (κ2) is 11.7. The molecule has 1 heterocycles. The van der Waals surface area contributed by atoms with Crippen molar-refractivity contribution in [2.75, 3.05) is 25.1 Å². The molecule has 2 amide bonds. The number of anilines is 1. The van der Waals surface area contributed by atoms with E-state index in [0.717, 1.165) is 11.3 Å². The second-order valence-corrected chi connectivity index (χ2v) is 11.1. The van der Waals surface area contributed by atoms with E-state index in [1.165, 1.54) is 29.7 Å². The summed E-state index contributed by atoms with van der Waals surface area (Å²) in [6.07, 6.45) is 0.655. The van der Waals surface area contributed by atoms with Crippen LogP contribution in [0.15, 0.2) is 53.4 Å². The van der Waals surface area contributed by atoms with Crippen LogP contribution in [0.5, 0.6) is 5.75 Å². The fourth-order valence-electron chi connectivity index (χ4n) is 3.98. The minimum atomic E-state index is -4.09. The number of hydrogen-bond donors (Lipinski definition) is 3. The molecule has 2 aromatic rings. The Morgan fingerprint density at radius 2 is 1.80 bits per heavy atom. The maximum atomic E-state index is 13.3. The van der Waals surface area contributed by atoms with Gasteiger partial charge >= 0.3 is 0 Å². The molecule has 1 fully saturated rings. The molecule has 10 heteroatoms. The summed E-state index contributed by atoms with van der Waals surface area (Å²) in [6, 6.07) is 13.5. The molecular formula is C25H32N2O7S. The minimum Gasteiger partial charge on any atom is -0.494 e. The molecule has 1 saturated heterocycles. The van der Waals surface area contributed by atoms with Gasteiger partial charge in [-0.1, -0.05) is 26.0 Å². The molecule has 3 rings (SSSR count). The lowest BCUT2D eigenvalue weighted by molar-refractivity contribution is -0.134. The Bertz CT molecular complexity index is 1120. The van der Waals surface area contributed by atoms with Gasteiger partial charge < -0.3 is 14.8 Å². The number of ether oxygens (including phenoxy) is 2. The van der Waals surface area contributed by atoms with Crippen molar-refractivity contribution in [2.45, 2.75) is 55.1 Å². The van der Waals surface area contributed by atoms with Crippen LogP contribution in [0.1, 0.15) is 51.0 Å². The number of carbonyl (C=O) groups excluding carboxylic acids is 2. The van der Waals surface area contributed by atoms with Gasteiger partial charge in [-0.2, -0.15) is 0 Å². The van der Waals surface area contributed by atoms with Crippen molar-refractivity contribution in [3.63, 3.8) is 0 Å². The number of sulfone groups is 1. The third kappa shape index (κ3) is 6.19. The smallest absolute Gasteiger partial charge is 0.265 e. The predicted molar refractivity (Wildman–Crippen MR) is 130 cm³/mol. The monoisotopic (exact) mass is 504 g/mol. The van der Waals surface area contributed by atoms with Crippen LogP contribution in [0, 0.1) is 0 Å². The predicted octanol–water partition coefficient (Wildman–Crippen LogP) is 3.44. The van der Waals surface area contributed by atoms with E-state index < -0.39 is 20.5 Å². The molecular weight excluding hydrogens is 472 g/mol. The molecule has 35 heavy (non-hydrogen) atoms. The third-order valence-corrected chi connectivity index (χ3v) is 8.63.